The van der Waals surface area contributed by atoms with Gasteiger partial charge >= 0.3 is 0 Å². The smallest absolute Gasteiger partial charge is 0.293 e. The van der Waals surface area contributed by atoms with Gasteiger partial charge in [0.25, 0.3) is 5.91 Å². The number of rotatable bonds is 2. The van der Waals surface area contributed by atoms with Crippen LogP contribution in [0.3, 0.4) is 0 Å². The van der Waals surface area contributed by atoms with Crippen molar-refractivity contribution >= 4 is 11.6 Å². The third kappa shape index (κ3) is 2.05. The van der Waals surface area contributed by atoms with Gasteiger partial charge in [0.2, 0.25) is 5.76 Å². The van der Waals surface area contributed by atoms with Crippen molar-refractivity contribution < 1.29 is 18.0 Å². The molecule has 0 saturated heterocycles. The predicted octanol–water partition coefficient (Wildman–Crippen LogP) is 2.21. The molecular formula is C10H6F2N2O2. The molecule has 0 aliphatic carbocycles. The molecule has 6 heteroatoms. The van der Waals surface area contributed by atoms with E-state index < -0.39 is 17.5 Å². The minimum atomic E-state index is -0.854. The molecule has 4 nitrogen and oxygen atoms in total. The number of nitrogens with zero attached hydrogens (tertiary/aromatic N) is 1. The molecule has 0 aliphatic rings. The van der Waals surface area contributed by atoms with E-state index in [9.17, 15) is 13.6 Å². The number of hydrogen-bond acceptors (Lipinski definition) is 3. The zero-order chi connectivity index (χ0) is 11.5. The van der Waals surface area contributed by atoms with E-state index in [1.54, 1.807) is 0 Å². The molecular weight excluding hydrogens is 218 g/mol. The van der Waals surface area contributed by atoms with Crippen molar-refractivity contribution in [3.8, 4) is 0 Å². The summed E-state index contributed by atoms with van der Waals surface area (Å²) in [6.45, 7) is 0. The number of hydrogen-bond donors (Lipinski definition) is 1. The molecule has 82 valence electrons. The number of nitrogens with one attached hydrogen (secondary N) is 1. The number of oxazole rings is 1. The first-order valence-corrected chi connectivity index (χ1v) is 4.32. The lowest BCUT2D eigenvalue weighted by Gasteiger charge is -2.03. The Bertz CT molecular complexity index is 512. The third-order valence-electron chi connectivity index (χ3n) is 1.84. The molecule has 0 atom stereocenters. The first-order chi connectivity index (χ1) is 7.66. The number of halogens is 2. The minimum Gasteiger partial charge on any atom is -0.438 e. The molecule has 0 saturated carbocycles. The van der Waals surface area contributed by atoms with Crippen LogP contribution in [0.15, 0.2) is 35.2 Å². The molecule has 0 spiro atoms. The Morgan fingerprint density at radius 1 is 1.38 bits per heavy atom. The summed E-state index contributed by atoms with van der Waals surface area (Å²) in [4.78, 5) is 14.9. The van der Waals surface area contributed by atoms with Gasteiger partial charge in [0.1, 0.15) is 11.6 Å². The second-order valence-electron chi connectivity index (χ2n) is 2.94. The van der Waals surface area contributed by atoms with Gasteiger partial charge in [-0.2, -0.15) is 0 Å². The van der Waals surface area contributed by atoms with Crippen LogP contribution in [0.25, 0.3) is 0 Å². The van der Waals surface area contributed by atoms with E-state index in [2.05, 4.69) is 10.3 Å². The van der Waals surface area contributed by atoms with Gasteiger partial charge in [0, 0.05) is 6.07 Å². The zero-order valence-corrected chi connectivity index (χ0v) is 7.91. The molecule has 1 amide bonds. The summed E-state index contributed by atoms with van der Waals surface area (Å²) in [5.41, 5.74) is -0.122. The Morgan fingerprint density at radius 3 is 2.81 bits per heavy atom. The van der Waals surface area contributed by atoms with Crippen LogP contribution in [0.1, 0.15) is 10.6 Å². The summed E-state index contributed by atoms with van der Waals surface area (Å²) < 4.78 is 30.4. The van der Waals surface area contributed by atoms with E-state index in [0.717, 1.165) is 18.5 Å². The Balaban J connectivity index is 2.18. The van der Waals surface area contributed by atoms with Crippen LogP contribution in [0, 0.1) is 11.6 Å². The number of anilines is 1. The average molecular weight is 224 g/mol. The number of aromatic nitrogens is 1. The standard InChI is InChI=1S/C10H6F2N2O2/c11-6-1-2-8(7(12)3-6)14-10(15)9-4-13-5-16-9/h1-5H,(H,14,15). The van der Waals surface area contributed by atoms with Crippen molar-refractivity contribution in [2.75, 3.05) is 5.32 Å². The quantitative estimate of drug-likeness (QED) is 0.850. The topological polar surface area (TPSA) is 55.1 Å². The van der Waals surface area contributed by atoms with Crippen molar-refractivity contribution in [3.05, 3.63) is 48.2 Å². The molecule has 0 aliphatic heterocycles. The summed E-state index contributed by atoms with van der Waals surface area (Å²) >= 11 is 0. The monoisotopic (exact) mass is 224 g/mol. The highest BCUT2D eigenvalue weighted by molar-refractivity contribution is 6.02. The number of carbonyl (C=O) groups is 1. The average Bonchev–Trinajstić information content (AvgIpc) is 2.75. The Morgan fingerprint density at radius 2 is 2.19 bits per heavy atom. The van der Waals surface area contributed by atoms with Crippen LogP contribution < -0.4 is 5.32 Å². The lowest BCUT2D eigenvalue weighted by Crippen LogP contribution is -2.12. The Labute approximate surface area is 88.9 Å². The second kappa shape index (κ2) is 4.09. The molecule has 0 unspecified atom stereocenters. The Hall–Kier alpha value is -2.24. The van der Waals surface area contributed by atoms with Crippen molar-refractivity contribution in [1.29, 1.82) is 0 Å². The molecule has 2 rings (SSSR count). The lowest BCUT2D eigenvalue weighted by molar-refractivity contribution is 0.0996. The van der Waals surface area contributed by atoms with Gasteiger partial charge in [-0.1, -0.05) is 0 Å². The van der Waals surface area contributed by atoms with Gasteiger partial charge in [-0.3, -0.25) is 4.79 Å². The largest absolute Gasteiger partial charge is 0.438 e. The predicted molar refractivity (Wildman–Crippen MR) is 50.8 cm³/mol. The fourth-order valence-corrected chi connectivity index (χ4v) is 1.10. The molecule has 1 aromatic carbocycles. The molecule has 1 N–H and O–H groups in total. The first-order valence-electron chi connectivity index (χ1n) is 4.32. The fourth-order valence-electron chi connectivity index (χ4n) is 1.10. The van der Waals surface area contributed by atoms with E-state index in [0.29, 0.717) is 6.07 Å². The van der Waals surface area contributed by atoms with Gasteiger partial charge in [-0.15, -0.1) is 0 Å². The van der Waals surface area contributed by atoms with E-state index in [4.69, 9.17) is 4.42 Å². The van der Waals surface area contributed by atoms with E-state index >= 15 is 0 Å². The highest BCUT2D eigenvalue weighted by Gasteiger charge is 2.12. The molecule has 0 radical (unpaired) electrons. The number of carbonyl (C=O) groups excluding carboxylic acids is 1. The van der Waals surface area contributed by atoms with Crippen molar-refractivity contribution in [3.63, 3.8) is 0 Å². The maximum atomic E-state index is 13.2. The maximum Gasteiger partial charge on any atom is 0.293 e. The fraction of sp³-hybridized carbons (Fsp3) is 0. The van der Waals surface area contributed by atoms with Gasteiger partial charge in [-0.25, -0.2) is 13.8 Å². The second-order valence-corrected chi connectivity index (χ2v) is 2.94. The molecule has 16 heavy (non-hydrogen) atoms. The van der Waals surface area contributed by atoms with Crippen LogP contribution in [-0.2, 0) is 0 Å². The lowest BCUT2D eigenvalue weighted by atomic mass is 10.3. The van der Waals surface area contributed by atoms with E-state index in [-0.39, 0.29) is 11.4 Å². The zero-order valence-electron chi connectivity index (χ0n) is 7.91. The summed E-state index contributed by atoms with van der Waals surface area (Å²) in [5.74, 6) is -2.27. The molecule has 0 bridgehead atoms. The minimum absolute atomic E-state index is 0.0521. The van der Waals surface area contributed by atoms with Crippen molar-refractivity contribution in [2.45, 2.75) is 0 Å². The van der Waals surface area contributed by atoms with Crippen LogP contribution in [0.4, 0.5) is 14.5 Å². The van der Waals surface area contributed by atoms with Crippen LogP contribution in [-0.4, -0.2) is 10.9 Å². The summed E-state index contributed by atoms with van der Waals surface area (Å²) in [6, 6.07) is 2.84. The molecule has 1 heterocycles. The highest BCUT2D eigenvalue weighted by Crippen LogP contribution is 2.15. The van der Waals surface area contributed by atoms with Crippen molar-refractivity contribution in [1.82, 2.24) is 4.98 Å². The Kier molecular flexibility index (Phi) is 2.63. The third-order valence-corrected chi connectivity index (χ3v) is 1.84. The van der Waals surface area contributed by atoms with Crippen LogP contribution >= 0.6 is 0 Å². The van der Waals surface area contributed by atoms with Crippen molar-refractivity contribution in [2.24, 2.45) is 0 Å². The number of benzene rings is 1. The summed E-state index contributed by atoms with van der Waals surface area (Å²) in [5, 5.41) is 2.23. The molecule has 0 fully saturated rings. The molecule has 2 aromatic rings. The normalized spacial score (nSPS) is 10.1. The van der Waals surface area contributed by atoms with Crippen LogP contribution in [0.5, 0.6) is 0 Å². The summed E-state index contributed by atoms with van der Waals surface area (Å²) in [7, 11) is 0. The maximum absolute atomic E-state index is 13.2. The highest BCUT2D eigenvalue weighted by atomic mass is 19.1. The van der Waals surface area contributed by atoms with Gasteiger partial charge < -0.3 is 9.73 Å². The van der Waals surface area contributed by atoms with Gasteiger partial charge in [0.05, 0.1) is 11.9 Å². The number of amides is 1. The van der Waals surface area contributed by atoms with E-state index in [1.807, 2.05) is 0 Å². The van der Waals surface area contributed by atoms with Gasteiger partial charge in [0.15, 0.2) is 6.39 Å². The molecule has 1 aromatic heterocycles. The van der Waals surface area contributed by atoms with Gasteiger partial charge in [-0.05, 0) is 12.1 Å². The van der Waals surface area contributed by atoms with E-state index in [1.165, 1.54) is 6.20 Å². The SMILES string of the molecule is O=C(Nc1ccc(F)cc1F)c1cnco1. The summed E-state index contributed by atoms with van der Waals surface area (Å²) in [6.07, 6.45) is 2.27. The van der Waals surface area contributed by atoms with Crippen LogP contribution in [0.2, 0.25) is 0 Å². The first kappa shape index (κ1) is 10.3.